The van der Waals surface area contributed by atoms with E-state index in [2.05, 4.69) is 5.10 Å². The minimum atomic E-state index is -5.17. The molecule has 12 heteroatoms. The lowest BCUT2D eigenvalue weighted by molar-refractivity contribution is -0.0890. The highest BCUT2D eigenvalue weighted by Crippen LogP contribution is 2.26. The highest BCUT2D eigenvalue weighted by Gasteiger charge is 2.42. The number of aryl methyl sites for hydroxylation is 1. The standard InChI is InChI=1S/C22H22F3N3O5S/c1-27-19(21(29)22(23,24)25)12-20(26-27)34(30,31)28(13-15-4-8-17(32-2)9-5-15)14-16-6-10-18(33-3)11-7-16/h4-12H,13-14H2,1-3H3. The van der Waals surface area contributed by atoms with Gasteiger partial charge < -0.3 is 9.47 Å². The highest BCUT2D eigenvalue weighted by molar-refractivity contribution is 7.89. The first-order chi connectivity index (χ1) is 16.0. The van der Waals surface area contributed by atoms with Gasteiger partial charge in [-0.3, -0.25) is 9.48 Å². The molecule has 182 valence electrons. The Balaban J connectivity index is 2.00. The lowest BCUT2D eigenvalue weighted by atomic mass is 10.2. The maximum Gasteiger partial charge on any atom is 0.456 e. The average Bonchev–Trinajstić information content (AvgIpc) is 3.20. The first-order valence-corrected chi connectivity index (χ1v) is 11.3. The van der Waals surface area contributed by atoms with Gasteiger partial charge in [-0.2, -0.15) is 22.6 Å². The largest absolute Gasteiger partial charge is 0.497 e. The van der Waals surface area contributed by atoms with E-state index >= 15 is 0 Å². The van der Waals surface area contributed by atoms with Gasteiger partial charge in [0, 0.05) is 26.2 Å². The number of methoxy groups -OCH3 is 2. The fourth-order valence-corrected chi connectivity index (χ4v) is 4.54. The Labute approximate surface area is 194 Å². The van der Waals surface area contributed by atoms with Crippen molar-refractivity contribution >= 4 is 15.8 Å². The number of alkyl halides is 3. The molecule has 3 rings (SSSR count). The van der Waals surface area contributed by atoms with Crippen molar-refractivity contribution in [3.63, 3.8) is 0 Å². The van der Waals surface area contributed by atoms with Gasteiger partial charge in [-0.25, -0.2) is 8.42 Å². The van der Waals surface area contributed by atoms with E-state index in [0.29, 0.717) is 33.4 Å². The number of hydrogen-bond acceptors (Lipinski definition) is 6. The molecule has 0 fully saturated rings. The average molecular weight is 497 g/mol. The van der Waals surface area contributed by atoms with Crippen LogP contribution in [0.15, 0.2) is 59.6 Å². The maximum atomic E-state index is 13.4. The second-order valence-corrected chi connectivity index (χ2v) is 9.17. The van der Waals surface area contributed by atoms with Crippen molar-refractivity contribution < 1.29 is 35.9 Å². The Hall–Kier alpha value is -3.38. The summed E-state index contributed by atoms with van der Waals surface area (Å²) in [6, 6.07) is 14.0. The van der Waals surface area contributed by atoms with Crippen LogP contribution in [0.1, 0.15) is 21.6 Å². The molecular weight excluding hydrogens is 475 g/mol. The first kappa shape index (κ1) is 25.2. The summed E-state index contributed by atoms with van der Waals surface area (Å²) in [7, 11) is -0.319. The number of rotatable bonds is 9. The van der Waals surface area contributed by atoms with Crippen molar-refractivity contribution in [2.75, 3.05) is 14.2 Å². The van der Waals surface area contributed by atoms with E-state index in [9.17, 15) is 26.4 Å². The van der Waals surface area contributed by atoms with Crippen LogP contribution in [-0.2, 0) is 30.2 Å². The first-order valence-electron chi connectivity index (χ1n) is 9.87. The summed E-state index contributed by atoms with van der Waals surface area (Å²) in [4.78, 5) is 11.7. The number of Topliss-reactive ketones (excluding diaryl/α,β-unsaturated/α-hetero) is 1. The number of ketones is 1. The van der Waals surface area contributed by atoms with Gasteiger partial charge >= 0.3 is 6.18 Å². The zero-order chi connectivity index (χ0) is 25.1. The van der Waals surface area contributed by atoms with Crippen molar-refractivity contribution in [3.8, 4) is 11.5 Å². The summed E-state index contributed by atoms with van der Waals surface area (Å²) in [6.07, 6.45) is -5.17. The Bertz CT molecular complexity index is 1200. The van der Waals surface area contributed by atoms with Gasteiger partial charge in [-0.1, -0.05) is 24.3 Å². The summed E-state index contributed by atoms with van der Waals surface area (Å²) >= 11 is 0. The molecule has 8 nitrogen and oxygen atoms in total. The van der Waals surface area contributed by atoms with E-state index < -0.39 is 32.7 Å². The highest BCUT2D eigenvalue weighted by atomic mass is 32.2. The summed E-state index contributed by atoms with van der Waals surface area (Å²) < 4.78 is 77.5. The van der Waals surface area contributed by atoms with Gasteiger partial charge in [0.1, 0.15) is 17.2 Å². The lowest BCUT2D eigenvalue weighted by Gasteiger charge is -2.21. The molecule has 0 aliphatic heterocycles. The molecule has 0 N–H and O–H groups in total. The van der Waals surface area contributed by atoms with Crippen LogP contribution in [0.4, 0.5) is 13.2 Å². The van der Waals surface area contributed by atoms with Gasteiger partial charge in [0.15, 0.2) is 5.03 Å². The van der Waals surface area contributed by atoms with Crippen LogP contribution in [0.5, 0.6) is 11.5 Å². The second kappa shape index (κ2) is 9.85. The third kappa shape index (κ3) is 5.57. The number of aromatic nitrogens is 2. The van der Waals surface area contributed by atoms with E-state index in [-0.39, 0.29) is 13.1 Å². The summed E-state index contributed by atoms with van der Waals surface area (Å²) in [6.45, 7) is -0.199. The molecule has 0 saturated heterocycles. The van der Waals surface area contributed by atoms with Crippen molar-refractivity contribution in [2.24, 2.45) is 7.05 Å². The SMILES string of the molecule is COc1ccc(CN(Cc2ccc(OC)cc2)S(=O)(=O)c2cc(C(=O)C(F)(F)F)n(C)n2)cc1. The minimum absolute atomic E-state index is 0.0997. The number of nitrogens with zero attached hydrogens (tertiary/aromatic N) is 3. The molecule has 0 radical (unpaired) electrons. The zero-order valence-corrected chi connectivity index (χ0v) is 19.4. The van der Waals surface area contributed by atoms with E-state index in [1.54, 1.807) is 48.5 Å². The summed E-state index contributed by atoms with van der Waals surface area (Å²) in [5.74, 6) is -1.03. The van der Waals surface area contributed by atoms with Gasteiger partial charge in [0.05, 0.1) is 14.2 Å². The fourth-order valence-electron chi connectivity index (χ4n) is 3.15. The lowest BCUT2D eigenvalue weighted by Crippen LogP contribution is -2.30. The Morgan fingerprint density at radius 2 is 1.38 bits per heavy atom. The Morgan fingerprint density at radius 1 is 0.941 bits per heavy atom. The maximum absolute atomic E-state index is 13.4. The predicted octanol–water partition coefficient (Wildman–Crippen LogP) is 3.57. The molecule has 1 aromatic heterocycles. The van der Waals surface area contributed by atoms with Crippen LogP contribution >= 0.6 is 0 Å². The molecular formula is C22H22F3N3O5S. The molecule has 0 saturated carbocycles. The van der Waals surface area contributed by atoms with Crippen molar-refractivity contribution in [2.45, 2.75) is 24.3 Å². The van der Waals surface area contributed by atoms with E-state index in [0.717, 1.165) is 11.4 Å². The molecule has 0 aliphatic rings. The number of halogens is 3. The molecule has 0 unspecified atom stereocenters. The third-order valence-electron chi connectivity index (χ3n) is 4.99. The van der Waals surface area contributed by atoms with Crippen LogP contribution in [0.25, 0.3) is 0 Å². The molecule has 0 aliphatic carbocycles. The molecule has 0 amide bonds. The summed E-state index contributed by atoms with van der Waals surface area (Å²) in [5.41, 5.74) is 0.348. The predicted molar refractivity (Wildman–Crippen MR) is 116 cm³/mol. The van der Waals surface area contributed by atoms with E-state index in [1.807, 2.05) is 0 Å². The quantitative estimate of drug-likeness (QED) is 0.420. The van der Waals surface area contributed by atoms with Crippen LogP contribution in [-0.4, -0.2) is 48.7 Å². The molecule has 0 atom stereocenters. The number of benzene rings is 2. The van der Waals surface area contributed by atoms with Gasteiger partial charge in [0.2, 0.25) is 0 Å². The fraction of sp³-hybridized carbons (Fsp3) is 0.273. The second-order valence-electron chi connectivity index (χ2n) is 7.29. The molecule has 3 aromatic rings. The number of carbonyl (C=O) groups excluding carboxylic acids is 1. The number of ether oxygens (including phenoxy) is 2. The van der Waals surface area contributed by atoms with Crippen molar-refractivity contribution in [1.29, 1.82) is 0 Å². The van der Waals surface area contributed by atoms with Gasteiger partial charge in [0.25, 0.3) is 15.8 Å². The van der Waals surface area contributed by atoms with Crippen LogP contribution in [0.2, 0.25) is 0 Å². The smallest absolute Gasteiger partial charge is 0.456 e. The number of sulfonamides is 1. The number of carbonyl (C=O) groups is 1. The summed E-state index contributed by atoms with van der Waals surface area (Å²) in [5, 5.41) is 3.04. The third-order valence-corrected chi connectivity index (χ3v) is 6.65. The molecule has 1 heterocycles. The molecule has 0 bridgehead atoms. The normalized spacial score (nSPS) is 12.1. The Kier molecular flexibility index (Phi) is 7.32. The van der Waals surface area contributed by atoms with E-state index in [1.165, 1.54) is 14.2 Å². The van der Waals surface area contributed by atoms with Gasteiger partial charge in [-0.15, -0.1) is 0 Å². The zero-order valence-electron chi connectivity index (χ0n) is 18.5. The van der Waals surface area contributed by atoms with E-state index in [4.69, 9.17) is 9.47 Å². The van der Waals surface area contributed by atoms with Crippen molar-refractivity contribution in [3.05, 3.63) is 71.4 Å². The monoisotopic (exact) mass is 497 g/mol. The minimum Gasteiger partial charge on any atom is -0.497 e. The van der Waals surface area contributed by atoms with Crippen LogP contribution < -0.4 is 9.47 Å². The van der Waals surface area contributed by atoms with Crippen LogP contribution in [0, 0.1) is 0 Å². The van der Waals surface area contributed by atoms with Crippen molar-refractivity contribution in [1.82, 2.24) is 14.1 Å². The molecule has 2 aromatic carbocycles. The Morgan fingerprint density at radius 3 is 1.76 bits per heavy atom. The molecule has 0 spiro atoms. The topological polar surface area (TPSA) is 90.7 Å². The van der Waals surface area contributed by atoms with Gasteiger partial charge in [-0.05, 0) is 35.4 Å². The molecule has 34 heavy (non-hydrogen) atoms. The number of hydrogen-bond donors (Lipinski definition) is 0. The van der Waals surface area contributed by atoms with Crippen LogP contribution in [0.3, 0.4) is 0 Å².